The molecule has 15 heteroatoms. The number of halogens is 2. The number of ether oxygens (including phenoxy) is 2. The normalized spacial score (nSPS) is 26.0. The van der Waals surface area contributed by atoms with E-state index in [1.54, 1.807) is 37.0 Å². The van der Waals surface area contributed by atoms with Crippen LogP contribution in [-0.4, -0.2) is 56.5 Å². The van der Waals surface area contributed by atoms with Crippen molar-refractivity contribution in [2.24, 2.45) is 0 Å². The van der Waals surface area contributed by atoms with Gasteiger partial charge in [0.1, 0.15) is 28.9 Å². The van der Waals surface area contributed by atoms with Gasteiger partial charge in [0.2, 0.25) is 5.82 Å². The summed E-state index contributed by atoms with van der Waals surface area (Å²) in [6.07, 6.45) is -4.03. The second-order valence-corrected chi connectivity index (χ2v) is 11.3. The van der Waals surface area contributed by atoms with E-state index in [2.05, 4.69) is 5.09 Å². The third-order valence-electron chi connectivity index (χ3n) is 5.33. The summed E-state index contributed by atoms with van der Waals surface area (Å²) in [6.45, 7) is 5.46. The molecule has 0 bridgehead atoms. The highest BCUT2D eigenvalue weighted by molar-refractivity contribution is 7.52. The van der Waals surface area contributed by atoms with E-state index >= 15 is 0 Å². The molecule has 0 radical (unpaired) electrons. The number of carbonyl (C=O) groups excluding carboxylic acids is 1. The van der Waals surface area contributed by atoms with Gasteiger partial charge in [-0.3, -0.25) is 23.7 Å². The molecule has 2 heterocycles. The number of H-pyrrole nitrogens is 1. The van der Waals surface area contributed by atoms with E-state index in [1.807, 2.05) is 0 Å². The third kappa shape index (κ3) is 6.86. The van der Waals surface area contributed by atoms with E-state index in [0.29, 0.717) is 10.8 Å². The summed E-state index contributed by atoms with van der Waals surface area (Å²) in [7, 11) is -4.29. The first-order valence-electron chi connectivity index (χ1n) is 11.2. The molecular weight excluding hydrogens is 536 g/mol. The maximum absolute atomic E-state index is 13.8. The molecule has 1 saturated heterocycles. The standard InChI is InChI=1S/C22H28ClFN3O9P/c1-12(2)34-19(30)13(3)26-37(32,36-14-8-6-5-7-9-14)33-11-16-17(28)22(4,23)20(35-16)27-10-15(24)18(29)25-21(27)31/h5-10,12-13,16-17,20,28H,11H2,1-4H3,(H,26,32)(H,25,29,31)/t13-,16-,17-,20-,22-,37-/m1/s1. The number of aliphatic hydroxyl groups is 1. The number of para-hydroxylation sites is 1. The Morgan fingerprint density at radius 2 is 1.97 bits per heavy atom. The van der Waals surface area contributed by atoms with Crippen LogP contribution in [0.5, 0.6) is 5.75 Å². The Kier molecular flexibility index (Phi) is 8.99. The molecule has 1 aromatic heterocycles. The molecule has 0 spiro atoms. The topological polar surface area (TPSA) is 158 Å². The van der Waals surface area contributed by atoms with E-state index in [0.717, 1.165) is 0 Å². The van der Waals surface area contributed by atoms with E-state index < -0.39 is 72.8 Å². The summed E-state index contributed by atoms with van der Waals surface area (Å²) in [5.41, 5.74) is -2.25. The number of nitrogens with one attached hydrogen (secondary N) is 2. The number of esters is 1. The zero-order chi connectivity index (χ0) is 27.5. The number of nitrogens with zero attached hydrogens (tertiary/aromatic N) is 1. The Labute approximate surface area is 216 Å². The van der Waals surface area contributed by atoms with Crippen molar-refractivity contribution >= 4 is 25.3 Å². The molecule has 6 atom stereocenters. The molecule has 1 aliphatic rings. The second-order valence-electron chi connectivity index (χ2n) is 8.80. The fourth-order valence-corrected chi connectivity index (χ4v) is 5.29. The largest absolute Gasteiger partial charge is 0.462 e. The van der Waals surface area contributed by atoms with Crippen LogP contribution in [0.1, 0.15) is 33.9 Å². The predicted octanol–water partition coefficient (Wildman–Crippen LogP) is 2.06. The van der Waals surface area contributed by atoms with Gasteiger partial charge in [-0.1, -0.05) is 18.2 Å². The number of rotatable bonds is 10. The molecule has 12 nitrogen and oxygen atoms in total. The van der Waals surface area contributed by atoms with Crippen molar-refractivity contribution in [2.75, 3.05) is 6.61 Å². The Morgan fingerprint density at radius 3 is 2.59 bits per heavy atom. The minimum atomic E-state index is -4.29. The smallest absolute Gasteiger partial charge is 0.459 e. The number of carbonyl (C=O) groups is 1. The molecule has 1 fully saturated rings. The fraction of sp³-hybridized carbons (Fsp3) is 0.500. The Morgan fingerprint density at radius 1 is 1.32 bits per heavy atom. The van der Waals surface area contributed by atoms with E-state index in [9.17, 15) is 28.4 Å². The summed E-state index contributed by atoms with van der Waals surface area (Å²) in [4.78, 5) is 36.0. The van der Waals surface area contributed by atoms with Crippen molar-refractivity contribution < 1.29 is 37.4 Å². The minimum Gasteiger partial charge on any atom is -0.462 e. The number of aromatic amines is 1. The van der Waals surface area contributed by atoms with E-state index in [-0.39, 0.29) is 5.75 Å². The average molecular weight is 564 g/mol. The molecule has 0 unspecified atom stereocenters. The molecule has 0 aliphatic carbocycles. The van der Waals surface area contributed by atoms with Gasteiger partial charge in [-0.25, -0.2) is 9.36 Å². The molecule has 1 aromatic carbocycles. The highest BCUT2D eigenvalue weighted by atomic mass is 35.5. The predicted molar refractivity (Wildman–Crippen MR) is 130 cm³/mol. The van der Waals surface area contributed by atoms with Gasteiger partial charge in [-0.05, 0) is 39.8 Å². The lowest BCUT2D eigenvalue weighted by atomic mass is 10.0. The van der Waals surface area contributed by atoms with Gasteiger partial charge >= 0.3 is 19.4 Å². The molecule has 1 aliphatic heterocycles. The zero-order valence-electron chi connectivity index (χ0n) is 20.4. The Bertz CT molecular complexity index is 1270. The van der Waals surface area contributed by atoms with Crippen LogP contribution in [0.25, 0.3) is 0 Å². The summed E-state index contributed by atoms with van der Waals surface area (Å²) in [5, 5.41) is 13.3. The summed E-state index contributed by atoms with van der Waals surface area (Å²) in [5.74, 6) is -1.82. The van der Waals surface area contributed by atoms with E-state index in [1.165, 1.54) is 26.0 Å². The van der Waals surface area contributed by atoms with Crippen LogP contribution in [0.15, 0.2) is 46.1 Å². The lowest BCUT2D eigenvalue weighted by Crippen LogP contribution is -2.43. The molecule has 0 saturated carbocycles. The Hall–Kier alpha value is -2.54. The van der Waals surface area contributed by atoms with Gasteiger partial charge in [-0.2, -0.15) is 9.48 Å². The van der Waals surface area contributed by atoms with Gasteiger partial charge in [-0.15, -0.1) is 11.6 Å². The first-order chi connectivity index (χ1) is 17.2. The van der Waals surface area contributed by atoms with Crippen molar-refractivity contribution in [3.63, 3.8) is 0 Å². The molecule has 204 valence electrons. The number of benzene rings is 1. The van der Waals surface area contributed by atoms with Crippen LogP contribution < -0.4 is 20.9 Å². The maximum Gasteiger partial charge on any atom is 0.459 e. The quantitative estimate of drug-likeness (QED) is 0.222. The second kappa shape index (κ2) is 11.5. The number of aromatic nitrogens is 2. The van der Waals surface area contributed by atoms with Crippen LogP contribution >= 0.6 is 19.3 Å². The molecule has 2 aromatic rings. The van der Waals surface area contributed by atoms with Crippen molar-refractivity contribution in [2.45, 2.75) is 63.2 Å². The van der Waals surface area contributed by atoms with Crippen molar-refractivity contribution in [1.82, 2.24) is 14.6 Å². The molecular formula is C22H28ClFN3O9P. The van der Waals surface area contributed by atoms with Gasteiger partial charge < -0.3 is 19.1 Å². The van der Waals surface area contributed by atoms with Crippen molar-refractivity contribution in [3.05, 3.63) is 63.2 Å². The van der Waals surface area contributed by atoms with Crippen LogP contribution in [-0.2, 0) is 23.4 Å². The average Bonchev–Trinajstić information content (AvgIpc) is 3.03. The number of aliphatic hydroxyl groups excluding tert-OH is 1. The summed E-state index contributed by atoms with van der Waals surface area (Å²) >= 11 is 6.45. The van der Waals surface area contributed by atoms with Crippen LogP contribution in [0.4, 0.5) is 4.39 Å². The summed E-state index contributed by atoms with van der Waals surface area (Å²) in [6, 6.07) is 6.88. The van der Waals surface area contributed by atoms with Gasteiger partial charge in [0.05, 0.1) is 18.9 Å². The van der Waals surface area contributed by atoms with Gasteiger partial charge in [0, 0.05) is 0 Å². The summed E-state index contributed by atoms with van der Waals surface area (Å²) < 4.78 is 50.0. The third-order valence-corrected chi connectivity index (χ3v) is 7.38. The van der Waals surface area contributed by atoms with Gasteiger partial charge in [0.15, 0.2) is 6.23 Å². The lowest BCUT2D eigenvalue weighted by Gasteiger charge is -2.26. The highest BCUT2D eigenvalue weighted by Gasteiger charge is 2.54. The first kappa shape index (κ1) is 29.0. The monoisotopic (exact) mass is 563 g/mol. The number of hydrogen-bond donors (Lipinski definition) is 3. The van der Waals surface area contributed by atoms with Crippen LogP contribution in [0, 0.1) is 5.82 Å². The number of hydrogen-bond acceptors (Lipinski definition) is 9. The van der Waals surface area contributed by atoms with Crippen LogP contribution in [0.2, 0.25) is 0 Å². The highest BCUT2D eigenvalue weighted by Crippen LogP contribution is 2.48. The lowest BCUT2D eigenvalue weighted by molar-refractivity contribution is -0.149. The molecule has 0 amide bonds. The molecule has 3 N–H and O–H groups in total. The first-order valence-corrected chi connectivity index (χ1v) is 13.2. The number of alkyl halides is 1. The minimum absolute atomic E-state index is 0.158. The zero-order valence-corrected chi connectivity index (χ0v) is 22.1. The molecule has 37 heavy (non-hydrogen) atoms. The fourth-order valence-electron chi connectivity index (χ4n) is 3.49. The molecule has 3 rings (SSSR count). The van der Waals surface area contributed by atoms with E-state index in [4.69, 9.17) is 30.1 Å². The van der Waals surface area contributed by atoms with Gasteiger partial charge in [0.25, 0.3) is 5.56 Å². The van der Waals surface area contributed by atoms with Crippen LogP contribution in [0.3, 0.4) is 0 Å². The SMILES string of the molecule is CC(C)OC(=O)[C@@H](C)N[P@@](=O)(OC[C@H]1O[C@@H](n2cc(F)c(=O)[nH]c2=O)[C@](C)(Cl)[C@@H]1O)Oc1ccccc1. The van der Waals surface area contributed by atoms with Crippen molar-refractivity contribution in [3.8, 4) is 5.75 Å². The Balaban J connectivity index is 1.82. The van der Waals surface area contributed by atoms with Crippen molar-refractivity contribution in [1.29, 1.82) is 0 Å². The maximum atomic E-state index is 13.8.